The molecule has 0 aliphatic carbocycles. The van der Waals surface area contributed by atoms with E-state index in [1.165, 1.54) is 19.5 Å². The number of aromatic nitrogens is 4. The summed E-state index contributed by atoms with van der Waals surface area (Å²) in [7, 11) is 4.93. The van der Waals surface area contributed by atoms with Crippen molar-refractivity contribution in [1.29, 1.82) is 0 Å². The smallest absolute Gasteiger partial charge is 0.305 e. The molecule has 2 aromatic carbocycles. The summed E-state index contributed by atoms with van der Waals surface area (Å²) in [5.74, 6) is 0.155. The van der Waals surface area contributed by atoms with Crippen LogP contribution in [0.4, 0.5) is 23.3 Å². The van der Waals surface area contributed by atoms with Crippen molar-refractivity contribution in [3.05, 3.63) is 94.6 Å². The van der Waals surface area contributed by atoms with Crippen molar-refractivity contribution in [2.45, 2.75) is 91.9 Å². The van der Waals surface area contributed by atoms with E-state index in [0.717, 1.165) is 78.6 Å². The van der Waals surface area contributed by atoms with Crippen molar-refractivity contribution in [1.82, 2.24) is 35.2 Å². The predicted octanol–water partition coefficient (Wildman–Crippen LogP) is 7.40. The number of carbonyl (C=O) groups excluding carboxylic acids is 4. The molecule has 4 N–H and O–H groups in total. The minimum absolute atomic E-state index is 0.0989. The minimum Gasteiger partial charge on any atom is -0.469 e. The Morgan fingerprint density at radius 1 is 0.586 bits per heavy atom. The largest absolute Gasteiger partial charge is 0.469 e. The van der Waals surface area contributed by atoms with Gasteiger partial charge in [0.15, 0.2) is 0 Å². The number of hydrogen-bond acceptors (Lipinski definition) is 12. The number of ether oxygens (including phenoxy) is 1. The van der Waals surface area contributed by atoms with Gasteiger partial charge in [-0.2, -0.15) is 0 Å². The van der Waals surface area contributed by atoms with E-state index in [4.69, 9.17) is 5.21 Å². The van der Waals surface area contributed by atoms with Crippen molar-refractivity contribution in [3.63, 3.8) is 0 Å². The van der Waals surface area contributed by atoms with Crippen LogP contribution in [0.5, 0.6) is 0 Å². The molecule has 0 unspecified atom stereocenters. The van der Waals surface area contributed by atoms with Gasteiger partial charge in [0.1, 0.15) is 0 Å². The van der Waals surface area contributed by atoms with Crippen LogP contribution in [0.3, 0.4) is 0 Å². The minimum atomic E-state index is -0.368. The molecule has 4 aromatic rings. The standard InChI is InChI=1S/C22H30N4O3.C21H29N5O3/c1-16-10-9-11-17(2)20(16)25-22-23-14-18(15-24-22)21(28)26(3)13-8-6-5-7-12-19(27)29-4;1-15-9-8-10-16(2)19(15)24-21-22-13-17(14-23-21)20(28)26(3)12-7-5-4-6-11-18(27)25-29/h9-11,14-15H,5-8,12-13H2,1-4H3,(H,23,24,25);8-10,13-14,29H,4-7,11-12H2,1-3H3,(H,25,27)(H,22,23,24). The molecule has 0 aliphatic heterocycles. The molecule has 3 amide bonds. The molecule has 15 heteroatoms. The van der Waals surface area contributed by atoms with Crippen molar-refractivity contribution >= 4 is 47.0 Å². The molecule has 0 spiro atoms. The highest BCUT2D eigenvalue weighted by Gasteiger charge is 2.15. The number of rotatable bonds is 20. The molecular weight excluding hydrogens is 739 g/mol. The molecule has 58 heavy (non-hydrogen) atoms. The van der Waals surface area contributed by atoms with E-state index in [-0.39, 0.29) is 23.7 Å². The highest BCUT2D eigenvalue weighted by atomic mass is 16.5. The Bertz CT molecular complexity index is 1740. The first-order valence-corrected chi connectivity index (χ1v) is 19.7. The van der Waals surface area contributed by atoms with E-state index in [1.54, 1.807) is 41.8 Å². The summed E-state index contributed by atoms with van der Waals surface area (Å²) >= 11 is 0. The highest BCUT2D eigenvalue weighted by molar-refractivity contribution is 5.94. The average molecular weight is 798 g/mol. The van der Waals surface area contributed by atoms with E-state index in [0.29, 0.717) is 55.4 Å². The van der Waals surface area contributed by atoms with Gasteiger partial charge >= 0.3 is 5.97 Å². The first-order valence-electron chi connectivity index (χ1n) is 19.7. The molecule has 2 heterocycles. The Kier molecular flexibility index (Phi) is 19.7. The number of hydrogen-bond donors (Lipinski definition) is 4. The maximum absolute atomic E-state index is 12.5. The Balaban J connectivity index is 0.000000310. The van der Waals surface area contributed by atoms with Gasteiger partial charge in [0.05, 0.1) is 18.2 Å². The fourth-order valence-electron chi connectivity index (χ4n) is 6.01. The Morgan fingerprint density at radius 3 is 1.31 bits per heavy atom. The third kappa shape index (κ3) is 15.5. The third-order valence-corrected chi connectivity index (χ3v) is 9.55. The molecule has 0 saturated carbocycles. The van der Waals surface area contributed by atoms with Crippen molar-refractivity contribution in [2.75, 3.05) is 44.9 Å². The monoisotopic (exact) mass is 797 g/mol. The van der Waals surface area contributed by atoms with Crippen molar-refractivity contribution in [3.8, 4) is 0 Å². The zero-order chi connectivity index (χ0) is 42.5. The second kappa shape index (κ2) is 24.6. The van der Waals surface area contributed by atoms with Crippen molar-refractivity contribution in [2.24, 2.45) is 0 Å². The first-order chi connectivity index (χ1) is 27.8. The number of nitrogens with one attached hydrogen (secondary N) is 3. The summed E-state index contributed by atoms with van der Waals surface area (Å²) in [6, 6.07) is 12.1. The van der Waals surface area contributed by atoms with Crippen LogP contribution in [-0.4, -0.2) is 92.9 Å². The molecule has 2 aromatic heterocycles. The van der Waals surface area contributed by atoms with Gasteiger partial charge in [0.2, 0.25) is 17.8 Å². The van der Waals surface area contributed by atoms with Crippen LogP contribution < -0.4 is 16.1 Å². The summed E-state index contributed by atoms with van der Waals surface area (Å²) in [6.07, 6.45) is 13.9. The third-order valence-electron chi connectivity index (χ3n) is 9.55. The zero-order valence-electron chi connectivity index (χ0n) is 34.9. The molecule has 0 radical (unpaired) electrons. The number of para-hydroxylation sites is 2. The Morgan fingerprint density at radius 2 is 0.948 bits per heavy atom. The van der Waals surface area contributed by atoms with Crippen LogP contribution in [0.1, 0.15) is 107 Å². The Labute approximate surface area is 342 Å². The van der Waals surface area contributed by atoms with Crippen LogP contribution in [0.25, 0.3) is 0 Å². The summed E-state index contributed by atoms with van der Waals surface area (Å²) in [6.45, 7) is 9.36. The molecule has 0 fully saturated rings. The van der Waals surface area contributed by atoms with E-state index in [9.17, 15) is 19.2 Å². The normalized spacial score (nSPS) is 10.5. The molecule has 0 aliphatic rings. The Hall–Kier alpha value is -5.96. The predicted molar refractivity (Wildman–Crippen MR) is 224 cm³/mol. The van der Waals surface area contributed by atoms with Crippen LogP contribution in [-0.2, 0) is 14.3 Å². The molecule has 0 atom stereocenters. The van der Waals surface area contributed by atoms with E-state index >= 15 is 0 Å². The number of aryl methyl sites for hydroxylation is 4. The van der Waals surface area contributed by atoms with Gasteiger partial charge in [-0.1, -0.05) is 62.1 Å². The number of anilines is 4. The van der Waals surface area contributed by atoms with E-state index in [1.807, 2.05) is 64.1 Å². The van der Waals surface area contributed by atoms with Crippen LogP contribution in [0.15, 0.2) is 61.2 Å². The number of benzene rings is 2. The maximum Gasteiger partial charge on any atom is 0.305 e. The first kappa shape index (κ1) is 46.4. The summed E-state index contributed by atoms with van der Waals surface area (Å²) in [4.78, 5) is 67.5. The molecule has 0 saturated heterocycles. The molecular formula is C43H59N9O6. The summed E-state index contributed by atoms with van der Waals surface area (Å²) in [5.41, 5.74) is 8.91. The van der Waals surface area contributed by atoms with Gasteiger partial charge in [-0.3, -0.25) is 24.4 Å². The van der Waals surface area contributed by atoms with Crippen molar-refractivity contribution < 1.29 is 29.1 Å². The van der Waals surface area contributed by atoms with Crippen LogP contribution >= 0.6 is 0 Å². The quantitative estimate of drug-likeness (QED) is 0.0300. The van der Waals surface area contributed by atoms with Gasteiger partial charge < -0.3 is 25.2 Å². The molecule has 0 bridgehead atoms. The van der Waals surface area contributed by atoms with E-state index < -0.39 is 0 Å². The van der Waals surface area contributed by atoms with Gasteiger partial charge in [-0.15, -0.1) is 0 Å². The van der Waals surface area contributed by atoms with Crippen LogP contribution in [0.2, 0.25) is 0 Å². The fraction of sp³-hybridized carbons (Fsp3) is 0.442. The molecule has 4 rings (SSSR count). The van der Waals surface area contributed by atoms with Gasteiger partial charge in [-0.25, -0.2) is 25.4 Å². The number of carbonyl (C=O) groups is 4. The average Bonchev–Trinajstić information content (AvgIpc) is 3.23. The number of unbranched alkanes of at least 4 members (excludes halogenated alkanes) is 6. The number of amides is 3. The zero-order valence-corrected chi connectivity index (χ0v) is 34.9. The SMILES string of the molecule is COC(=O)CCCCCCN(C)C(=O)c1cnc(Nc2c(C)cccc2C)nc1.Cc1cccc(C)c1Nc1ncc(C(=O)N(C)CCCCCCC(=O)NO)cn1. The lowest BCUT2D eigenvalue weighted by Gasteiger charge is -2.17. The fourth-order valence-corrected chi connectivity index (χ4v) is 6.01. The summed E-state index contributed by atoms with van der Waals surface area (Å²) in [5, 5.41) is 14.9. The second-order valence-electron chi connectivity index (χ2n) is 14.3. The lowest BCUT2D eigenvalue weighted by molar-refractivity contribution is -0.140. The number of nitrogens with zero attached hydrogens (tertiary/aromatic N) is 6. The van der Waals surface area contributed by atoms with Crippen LogP contribution in [0, 0.1) is 27.7 Å². The lowest BCUT2D eigenvalue weighted by atomic mass is 10.1. The number of esters is 1. The lowest BCUT2D eigenvalue weighted by Crippen LogP contribution is -2.28. The van der Waals surface area contributed by atoms with Gasteiger partial charge in [-0.05, 0) is 75.6 Å². The number of hydroxylamine groups is 1. The maximum atomic E-state index is 12.5. The van der Waals surface area contributed by atoms with E-state index in [2.05, 4.69) is 35.3 Å². The number of methoxy groups -OCH3 is 1. The molecule has 312 valence electrons. The summed E-state index contributed by atoms with van der Waals surface area (Å²) < 4.78 is 4.62. The van der Waals surface area contributed by atoms with Gasteiger partial charge in [0, 0.05) is 76.2 Å². The second-order valence-corrected chi connectivity index (χ2v) is 14.3. The topological polar surface area (TPSA) is 192 Å². The highest BCUT2D eigenvalue weighted by Crippen LogP contribution is 2.23. The van der Waals surface area contributed by atoms with Gasteiger partial charge in [0.25, 0.3) is 11.8 Å². The molecule has 15 nitrogen and oxygen atoms in total.